The lowest BCUT2D eigenvalue weighted by molar-refractivity contribution is -0.671. The first-order valence-electron chi connectivity index (χ1n) is 14.7. The average molecular weight is 512 g/mol. The van der Waals surface area contributed by atoms with Crippen LogP contribution in [0, 0.1) is 0 Å². The van der Waals surface area contributed by atoms with Crippen LogP contribution in [0.25, 0.3) is 0 Å². The van der Waals surface area contributed by atoms with Gasteiger partial charge >= 0.3 is 0 Å². The molecule has 0 spiro atoms. The molecule has 1 aromatic heterocycles. The summed E-state index contributed by atoms with van der Waals surface area (Å²) in [4.78, 5) is 25.6. The van der Waals surface area contributed by atoms with Gasteiger partial charge in [-0.25, -0.2) is 9.13 Å². The Balaban J connectivity index is 1.59. The Morgan fingerprint density at radius 1 is 0.838 bits per heavy atom. The molecule has 2 amide bonds. The molecular weight excluding hydrogens is 460 g/mol. The second-order valence-electron chi connectivity index (χ2n) is 10.4. The van der Waals surface area contributed by atoms with E-state index in [1.165, 1.54) is 77.0 Å². The molecular formula is C31H51N4O2+. The van der Waals surface area contributed by atoms with Crippen molar-refractivity contribution in [2.75, 3.05) is 6.54 Å². The summed E-state index contributed by atoms with van der Waals surface area (Å²) in [5, 5.41) is 6.00. The van der Waals surface area contributed by atoms with Gasteiger partial charge in [0.2, 0.25) is 12.2 Å². The zero-order chi connectivity index (χ0) is 26.6. The molecule has 6 nitrogen and oxygen atoms in total. The molecule has 206 valence electrons. The fraction of sp³-hybridized carbons (Fsp3) is 0.645. The summed E-state index contributed by atoms with van der Waals surface area (Å²) in [6.07, 6.45) is 24.5. The van der Waals surface area contributed by atoms with Gasteiger partial charge in [-0.15, -0.1) is 0 Å². The minimum Gasteiger partial charge on any atom is -0.354 e. The quantitative estimate of drug-likeness (QED) is 0.168. The SMILES string of the molecule is CCCCCCCCCCCCCCCCNC(=O)C(Cc1ccccc1)NC(=O)Cn1cc[n+](C)c1. The first kappa shape index (κ1) is 30.6. The number of benzene rings is 1. The van der Waals surface area contributed by atoms with E-state index in [-0.39, 0.29) is 18.4 Å². The molecule has 0 bridgehead atoms. The summed E-state index contributed by atoms with van der Waals surface area (Å²) in [5.41, 5.74) is 1.03. The van der Waals surface area contributed by atoms with Crippen molar-refractivity contribution in [2.45, 2.75) is 116 Å². The minimum atomic E-state index is -0.578. The third kappa shape index (κ3) is 14.6. The van der Waals surface area contributed by atoms with Gasteiger partial charge in [-0.1, -0.05) is 121 Å². The van der Waals surface area contributed by atoms with Crippen LogP contribution < -0.4 is 15.2 Å². The van der Waals surface area contributed by atoms with Gasteiger partial charge in [0.05, 0.1) is 7.05 Å². The summed E-state index contributed by atoms with van der Waals surface area (Å²) in [5.74, 6) is -0.270. The molecule has 6 heteroatoms. The van der Waals surface area contributed by atoms with Gasteiger partial charge in [0.15, 0.2) is 6.54 Å². The Labute approximate surface area is 225 Å². The fourth-order valence-corrected chi connectivity index (χ4v) is 4.71. The van der Waals surface area contributed by atoms with E-state index < -0.39 is 6.04 Å². The van der Waals surface area contributed by atoms with Gasteiger partial charge in [-0.2, -0.15) is 0 Å². The third-order valence-electron chi connectivity index (χ3n) is 6.91. The van der Waals surface area contributed by atoms with Crippen molar-refractivity contribution < 1.29 is 14.2 Å². The number of nitrogens with zero attached hydrogens (tertiary/aromatic N) is 2. The second-order valence-corrected chi connectivity index (χ2v) is 10.4. The van der Waals surface area contributed by atoms with Gasteiger partial charge in [-0.3, -0.25) is 9.59 Å². The molecule has 1 atom stereocenters. The highest BCUT2D eigenvalue weighted by atomic mass is 16.2. The van der Waals surface area contributed by atoms with Gasteiger partial charge in [0, 0.05) is 13.0 Å². The van der Waals surface area contributed by atoms with Crippen molar-refractivity contribution in [3.63, 3.8) is 0 Å². The van der Waals surface area contributed by atoms with Crippen LogP contribution in [0.2, 0.25) is 0 Å². The van der Waals surface area contributed by atoms with Crippen LogP contribution >= 0.6 is 0 Å². The fourth-order valence-electron chi connectivity index (χ4n) is 4.71. The molecule has 0 fully saturated rings. The van der Waals surface area contributed by atoms with Crippen LogP contribution in [0.5, 0.6) is 0 Å². The van der Waals surface area contributed by atoms with E-state index in [2.05, 4.69) is 17.6 Å². The molecule has 1 heterocycles. The number of hydrogen-bond donors (Lipinski definition) is 2. The normalized spacial score (nSPS) is 11.8. The Morgan fingerprint density at radius 2 is 1.41 bits per heavy atom. The van der Waals surface area contributed by atoms with Gasteiger partial charge in [0.1, 0.15) is 18.4 Å². The number of rotatable bonds is 21. The number of aromatic nitrogens is 2. The zero-order valence-electron chi connectivity index (χ0n) is 23.4. The first-order valence-corrected chi connectivity index (χ1v) is 14.7. The number of carbonyl (C=O) groups is 2. The largest absolute Gasteiger partial charge is 0.354 e. The van der Waals surface area contributed by atoms with Crippen molar-refractivity contribution in [3.05, 3.63) is 54.6 Å². The standard InChI is InChI=1S/C31H50N4O2/c1-3-4-5-6-7-8-9-10-11-12-13-14-15-19-22-32-31(37)29(25-28-20-17-16-18-21-28)33-30(36)26-35-24-23-34(2)27-35/h16-18,20-21,23-24,27,29H,3-15,19,22,25-26H2,1-2H3,(H-,32,33,36,37)/p+1. The second kappa shape index (κ2) is 19.5. The van der Waals surface area contributed by atoms with E-state index in [1.54, 1.807) is 0 Å². The molecule has 0 saturated heterocycles. The van der Waals surface area contributed by atoms with Crippen molar-refractivity contribution in [2.24, 2.45) is 7.05 Å². The predicted octanol–water partition coefficient (Wildman–Crippen LogP) is 5.64. The summed E-state index contributed by atoms with van der Waals surface area (Å²) in [7, 11) is 1.91. The Hall–Kier alpha value is -2.63. The van der Waals surface area contributed by atoms with E-state index in [9.17, 15) is 9.59 Å². The average Bonchev–Trinajstić information content (AvgIpc) is 3.30. The number of aryl methyl sites for hydroxylation is 1. The molecule has 2 N–H and O–H groups in total. The van der Waals surface area contributed by atoms with E-state index in [0.29, 0.717) is 13.0 Å². The van der Waals surface area contributed by atoms with Crippen LogP contribution in [0.3, 0.4) is 0 Å². The maximum absolute atomic E-state index is 12.9. The smallest absolute Gasteiger partial charge is 0.262 e. The Morgan fingerprint density at radius 3 is 1.95 bits per heavy atom. The highest BCUT2D eigenvalue weighted by Crippen LogP contribution is 2.13. The molecule has 0 aliphatic rings. The van der Waals surface area contributed by atoms with Crippen LogP contribution in [0.15, 0.2) is 49.1 Å². The van der Waals surface area contributed by atoms with E-state index in [4.69, 9.17) is 0 Å². The monoisotopic (exact) mass is 511 g/mol. The van der Waals surface area contributed by atoms with Crippen LogP contribution in [0.1, 0.15) is 102 Å². The van der Waals surface area contributed by atoms with Gasteiger partial charge < -0.3 is 10.6 Å². The highest BCUT2D eigenvalue weighted by Gasteiger charge is 2.22. The maximum Gasteiger partial charge on any atom is 0.262 e. The molecule has 0 aliphatic heterocycles. The van der Waals surface area contributed by atoms with Crippen LogP contribution in [-0.2, 0) is 29.6 Å². The summed E-state index contributed by atoms with van der Waals surface area (Å²) < 4.78 is 3.69. The number of unbranched alkanes of at least 4 members (excludes halogenated alkanes) is 13. The molecule has 1 aromatic carbocycles. The maximum atomic E-state index is 12.9. The molecule has 0 aliphatic carbocycles. The van der Waals surface area contributed by atoms with Crippen LogP contribution in [-0.4, -0.2) is 29.0 Å². The first-order chi connectivity index (χ1) is 18.1. The third-order valence-corrected chi connectivity index (χ3v) is 6.91. The number of amides is 2. The highest BCUT2D eigenvalue weighted by molar-refractivity contribution is 5.87. The lowest BCUT2D eigenvalue weighted by Crippen LogP contribution is -2.49. The summed E-state index contributed by atoms with van der Waals surface area (Å²) in [6, 6.07) is 9.28. The van der Waals surface area contributed by atoms with Crippen molar-refractivity contribution in [1.29, 1.82) is 0 Å². The van der Waals surface area contributed by atoms with Crippen LogP contribution in [0.4, 0.5) is 0 Å². The van der Waals surface area contributed by atoms with E-state index in [1.807, 2.05) is 65.2 Å². The number of hydrogen-bond acceptors (Lipinski definition) is 2. The predicted molar refractivity (Wildman–Crippen MR) is 151 cm³/mol. The topological polar surface area (TPSA) is 67.0 Å². The Bertz CT molecular complexity index is 865. The van der Waals surface area contributed by atoms with Gasteiger partial charge in [0.25, 0.3) is 5.91 Å². The summed E-state index contributed by atoms with van der Waals surface area (Å²) in [6.45, 7) is 3.12. The number of nitrogens with one attached hydrogen (secondary N) is 2. The molecule has 37 heavy (non-hydrogen) atoms. The minimum absolute atomic E-state index is 0.107. The summed E-state index contributed by atoms with van der Waals surface area (Å²) >= 11 is 0. The van der Waals surface area contributed by atoms with Crippen molar-refractivity contribution in [1.82, 2.24) is 15.2 Å². The van der Waals surface area contributed by atoms with Crippen molar-refractivity contribution in [3.8, 4) is 0 Å². The number of carbonyl (C=O) groups excluding carboxylic acids is 2. The van der Waals surface area contributed by atoms with E-state index >= 15 is 0 Å². The molecule has 1 unspecified atom stereocenters. The molecule has 2 rings (SSSR count). The van der Waals surface area contributed by atoms with Gasteiger partial charge in [-0.05, 0) is 12.0 Å². The van der Waals surface area contributed by atoms with E-state index in [0.717, 1.165) is 18.4 Å². The van der Waals surface area contributed by atoms with Crippen molar-refractivity contribution >= 4 is 11.8 Å². The zero-order valence-corrected chi connectivity index (χ0v) is 23.4. The lowest BCUT2D eigenvalue weighted by atomic mass is 10.0. The molecule has 2 aromatic rings. The lowest BCUT2D eigenvalue weighted by Gasteiger charge is -2.18. The molecule has 0 radical (unpaired) electrons. The Kier molecular flexibility index (Phi) is 16.1. The molecule has 0 saturated carbocycles. The number of imidazole rings is 1.